The summed E-state index contributed by atoms with van der Waals surface area (Å²) in [5.74, 6) is 0.335. The Hall–Kier alpha value is -2.08. The first-order valence-electron chi connectivity index (χ1n) is 8.89. The summed E-state index contributed by atoms with van der Waals surface area (Å²) < 4.78 is 5.22. The van der Waals surface area contributed by atoms with Crippen LogP contribution in [-0.4, -0.2) is 41.2 Å². The van der Waals surface area contributed by atoms with Gasteiger partial charge in [-0.2, -0.15) is 11.3 Å². The number of piperidine rings is 1. The lowest BCUT2D eigenvalue weighted by Crippen LogP contribution is -2.46. The number of thiophene rings is 1. The van der Waals surface area contributed by atoms with E-state index >= 15 is 0 Å². The van der Waals surface area contributed by atoms with Gasteiger partial charge in [0, 0.05) is 19.6 Å². The molecule has 2 fully saturated rings. The second kappa shape index (κ2) is 7.04. The predicted octanol–water partition coefficient (Wildman–Crippen LogP) is 3.56. The molecule has 25 heavy (non-hydrogen) atoms. The highest BCUT2D eigenvalue weighted by atomic mass is 32.1. The van der Waals surface area contributed by atoms with Gasteiger partial charge in [-0.05, 0) is 60.2 Å². The average molecular weight is 358 g/mol. The van der Waals surface area contributed by atoms with E-state index < -0.39 is 0 Å². The standard InChI is InChI=1S/C19H22N2O3S/c22-18(21-9-2-5-16(21)15-7-11-25-13-15)14-4-1-8-20(12-14)19(23)17-6-3-10-24-17/h3,6-7,10-11,13-14,16H,1-2,4-5,8-9,12H2/t14-,16-/m1/s1. The average Bonchev–Trinajstić information content (AvgIpc) is 3.42. The monoisotopic (exact) mass is 358 g/mol. The molecule has 6 heteroatoms. The van der Waals surface area contributed by atoms with Gasteiger partial charge in [0.05, 0.1) is 18.2 Å². The Morgan fingerprint density at radius 2 is 2.04 bits per heavy atom. The number of furan rings is 1. The summed E-state index contributed by atoms with van der Waals surface area (Å²) in [7, 11) is 0. The van der Waals surface area contributed by atoms with Crippen molar-refractivity contribution in [3.05, 3.63) is 46.5 Å². The van der Waals surface area contributed by atoms with Crippen LogP contribution in [0.1, 0.15) is 47.8 Å². The van der Waals surface area contributed by atoms with Crippen LogP contribution < -0.4 is 0 Å². The Kier molecular flexibility index (Phi) is 4.61. The van der Waals surface area contributed by atoms with Crippen LogP contribution >= 0.6 is 11.3 Å². The molecule has 2 aliphatic rings. The molecule has 132 valence electrons. The summed E-state index contributed by atoms with van der Waals surface area (Å²) in [6, 6.07) is 5.72. The van der Waals surface area contributed by atoms with Gasteiger partial charge in [0.1, 0.15) is 0 Å². The Morgan fingerprint density at radius 3 is 2.80 bits per heavy atom. The molecule has 2 saturated heterocycles. The fourth-order valence-electron chi connectivity index (χ4n) is 4.00. The Balaban J connectivity index is 1.45. The Labute approximate surface area is 151 Å². The quantitative estimate of drug-likeness (QED) is 0.843. The summed E-state index contributed by atoms with van der Waals surface area (Å²) in [6.45, 7) is 2.00. The number of likely N-dealkylation sites (tertiary alicyclic amines) is 2. The van der Waals surface area contributed by atoms with Gasteiger partial charge in [0.2, 0.25) is 5.91 Å². The van der Waals surface area contributed by atoms with Gasteiger partial charge in [-0.1, -0.05) is 0 Å². The van der Waals surface area contributed by atoms with Crippen molar-refractivity contribution in [2.24, 2.45) is 5.92 Å². The summed E-state index contributed by atoms with van der Waals surface area (Å²) in [5, 5.41) is 4.21. The molecule has 4 rings (SSSR count). The van der Waals surface area contributed by atoms with E-state index in [9.17, 15) is 9.59 Å². The number of rotatable bonds is 3. The van der Waals surface area contributed by atoms with Crippen LogP contribution in [0.5, 0.6) is 0 Å². The van der Waals surface area contributed by atoms with Crippen molar-refractivity contribution in [1.29, 1.82) is 0 Å². The van der Waals surface area contributed by atoms with Gasteiger partial charge in [-0.25, -0.2) is 0 Å². The van der Waals surface area contributed by atoms with E-state index in [-0.39, 0.29) is 23.8 Å². The first-order valence-corrected chi connectivity index (χ1v) is 9.83. The van der Waals surface area contributed by atoms with E-state index in [1.165, 1.54) is 11.8 Å². The molecule has 0 spiro atoms. The molecular weight excluding hydrogens is 336 g/mol. The van der Waals surface area contributed by atoms with E-state index in [1.807, 2.05) is 4.90 Å². The lowest BCUT2D eigenvalue weighted by atomic mass is 9.95. The third-order valence-corrected chi connectivity index (χ3v) is 5.96. The third kappa shape index (κ3) is 3.23. The van der Waals surface area contributed by atoms with Crippen molar-refractivity contribution in [3.63, 3.8) is 0 Å². The minimum absolute atomic E-state index is 0.105. The summed E-state index contributed by atoms with van der Waals surface area (Å²) in [6.07, 6.45) is 5.31. The lowest BCUT2D eigenvalue weighted by molar-refractivity contribution is -0.138. The molecule has 0 saturated carbocycles. The molecule has 4 heterocycles. The van der Waals surface area contributed by atoms with Crippen LogP contribution in [0.25, 0.3) is 0 Å². The van der Waals surface area contributed by atoms with Crippen molar-refractivity contribution >= 4 is 23.2 Å². The molecule has 0 N–H and O–H groups in total. The Bertz CT molecular complexity index is 726. The normalized spacial score (nSPS) is 23.8. The largest absolute Gasteiger partial charge is 0.459 e. The summed E-state index contributed by atoms with van der Waals surface area (Å²) >= 11 is 1.68. The first-order chi connectivity index (χ1) is 12.2. The molecule has 0 radical (unpaired) electrons. The fourth-order valence-corrected chi connectivity index (χ4v) is 4.70. The maximum Gasteiger partial charge on any atom is 0.289 e. The highest BCUT2D eigenvalue weighted by Crippen LogP contribution is 2.35. The van der Waals surface area contributed by atoms with E-state index in [2.05, 4.69) is 16.8 Å². The van der Waals surface area contributed by atoms with E-state index in [0.29, 0.717) is 18.8 Å². The van der Waals surface area contributed by atoms with Crippen molar-refractivity contribution in [1.82, 2.24) is 9.80 Å². The van der Waals surface area contributed by atoms with Crippen LogP contribution in [0.4, 0.5) is 0 Å². The molecule has 0 unspecified atom stereocenters. The van der Waals surface area contributed by atoms with Gasteiger partial charge >= 0.3 is 0 Å². The van der Waals surface area contributed by atoms with Gasteiger partial charge in [-0.3, -0.25) is 9.59 Å². The highest BCUT2D eigenvalue weighted by Gasteiger charge is 2.37. The van der Waals surface area contributed by atoms with Crippen molar-refractivity contribution in [2.75, 3.05) is 19.6 Å². The summed E-state index contributed by atoms with van der Waals surface area (Å²) in [5.41, 5.74) is 1.25. The van der Waals surface area contributed by atoms with Gasteiger partial charge in [0.15, 0.2) is 5.76 Å². The maximum atomic E-state index is 13.1. The smallest absolute Gasteiger partial charge is 0.289 e. The maximum absolute atomic E-state index is 13.1. The van der Waals surface area contributed by atoms with E-state index in [4.69, 9.17) is 4.42 Å². The van der Waals surface area contributed by atoms with Crippen LogP contribution in [0.2, 0.25) is 0 Å². The van der Waals surface area contributed by atoms with Crippen LogP contribution in [-0.2, 0) is 4.79 Å². The zero-order chi connectivity index (χ0) is 17.2. The predicted molar refractivity (Wildman–Crippen MR) is 95.3 cm³/mol. The zero-order valence-electron chi connectivity index (χ0n) is 14.1. The van der Waals surface area contributed by atoms with Gasteiger partial charge in [-0.15, -0.1) is 0 Å². The van der Waals surface area contributed by atoms with E-state index in [1.54, 1.807) is 28.4 Å². The van der Waals surface area contributed by atoms with Crippen molar-refractivity contribution in [2.45, 2.75) is 31.7 Å². The second-order valence-electron chi connectivity index (χ2n) is 6.81. The highest BCUT2D eigenvalue weighted by molar-refractivity contribution is 7.08. The molecule has 2 aliphatic heterocycles. The molecule has 5 nitrogen and oxygen atoms in total. The van der Waals surface area contributed by atoms with E-state index in [0.717, 1.165) is 32.2 Å². The first kappa shape index (κ1) is 16.4. The fraction of sp³-hybridized carbons (Fsp3) is 0.474. The van der Waals surface area contributed by atoms with Crippen LogP contribution in [0.15, 0.2) is 39.6 Å². The van der Waals surface area contributed by atoms with Crippen molar-refractivity contribution in [3.8, 4) is 0 Å². The molecule has 2 atom stereocenters. The molecule has 2 amide bonds. The number of carbonyl (C=O) groups excluding carboxylic acids is 2. The lowest BCUT2D eigenvalue weighted by Gasteiger charge is -2.35. The SMILES string of the molecule is O=C(c1ccco1)N1CCC[C@@H](C(=O)N2CCC[C@@H]2c2ccsc2)C1. The topological polar surface area (TPSA) is 53.8 Å². The van der Waals surface area contributed by atoms with Gasteiger partial charge in [0.25, 0.3) is 5.91 Å². The molecule has 0 aromatic carbocycles. The molecule has 0 bridgehead atoms. The molecule has 2 aromatic heterocycles. The summed E-state index contributed by atoms with van der Waals surface area (Å²) in [4.78, 5) is 29.4. The molecule has 2 aromatic rings. The number of carbonyl (C=O) groups is 2. The zero-order valence-corrected chi connectivity index (χ0v) is 14.9. The van der Waals surface area contributed by atoms with Crippen LogP contribution in [0.3, 0.4) is 0 Å². The van der Waals surface area contributed by atoms with Crippen molar-refractivity contribution < 1.29 is 14.0 Å². The van der Waals surface area contributed by atoms with Crippen LogP contribution in [0, 0.1) is 5.92 Å². The number of nitrogens with zero attached hydrogens (tertiary/aromatic N) is 2. The minimum atomic E-state index is -0.113. The minimum Gasteiger partial charge on any atom is -0.459 e. The molecular formula is C19H22N2O3S. The second-order valence-corrected chi connectivity index (χ2v) is 7.59. The van der Waals surface area contributed by atoms with Gasteiger partial charge < -0.3 is 14.2 Å². The Morgan fingerprint density at radius 1 is 1.16 bits per heavy atom. The number of amides is 2. The molecule has 0 aliphatic carbocycles. The number of hydrogen-bond acceptors (Lipinski definition) is 4. The number of hydrogen-bond donors (Lipinski definition) is 0. The third-order valence-electron chi connectivity index (χ3n) is 5.25.